The van der Waals surface area contributed by atoms with Crippen molar-refractivity contribution in [3.63, 3.8) is 0 Å². The van der Waals surface area contributed by atoms with Gasteiger partial charge in [0.25, 0.3) is 0 Å². The minimum Gasteiger partial charge on any atom is -0.508 e. The molecule has 1 aromatic carbocycles. The van der Waals surface area contributed by atoms with E-state index < -0.39 is 0 Å². The third-order valence-corrected chi connectivity index (χ3v) is 2.78. The number of rotatable bonds is 3. The van der Waals surface area contributed by atoms with Gasteiger partial charge in [-0.1, -0.05) is 33.8 Å². The molecular weight excluding hydrogens is 200 g/mol. The van der Waals surface area contributed by atoms with Crippen LogP contribution in [0.15, 0.2) is 12.1 Å². The summed E-state index contributed by atoms with van der Waals surface area (Å²) >= 11 is 0. The van der Waals surface area contributed by atoms with E-state index in [1.54, 1.807) is 6.07 Å². The highest BCUT2D eigenvalue weighted by Crippen LogP contribution is 2.28. The van der Waals surface area contributed by atoms with E-state index >= 15 is 0 Å². The average molecular weight is 220 g/mol. The van der Waals surface area contributed by atoms with Crippen molar-refractivity contribution in [1.82, 2.24) is 0 Å². The molecule has 0 amide bonds. The standard InChI is InChI=1S/C14H20O2/c1-8(2)11-6-10(5)13(15)7-12(11)14(16)9(3)4/h6-9,15H,1-5H3. The second kappa shape index (κ2) is 4.69. The molecule has 2 heteroatoms. The molecule has 0 unspecified atom stereocenters. The third-order valence-electron chi connectivity index (χ3n) is 2.78. The summed E-state index contributed by atoms with van der Waals surface area (Å²) in [5, 5.41) is 9.68. The van der Waals surface area contributed by atoms with Crippen molar-refractivity contribution < 1.29 is 9.90 Å². The number of hydrogen-bond acceptors (Lipinski definition) is 2. The molecule has 0 heterocycles. The van der Waals surface area contributed by atoms with E-state index in [0.717, 1.165) is 11.1 Å². The molecule has 1 rings (SSSR count). The first-order chi connectivity index (χ1) is 7.34. The molecule has 0 aliphatic rings. The lowest BCUT2D eigenvalue weighted by atomic mass is 9.89. The number of benzene rings is 1. The highest BCUT2D eigenvalue weighted by atomic mass is 16.3. The van der Waals surface area contributed by atoms with Crippen molar-refractivity contribution in [2.45, 2.75) is 40.5 Å². The summed E-state index contributed by atoms with van der Waals surface area (Å²) in [7, 11) is 0. The molecule has 1 aromatic rings. The number of carbonyl (C=O) groups excluding carboxylic acids is 1. The van der Waals surface area contributed by atoms with Crippen LogP contribution in [0.25, 0.3) is 0 Å². The summed E-state index contributed by atoms with van der Waals surface area (Å²) in [4.78, 5) is 12.0. The maximum Gasteiger partial charge on any atom is 0.165 e. The molecule has 0 bridgehead atoms. The number of ketones is 1. The summed E-state index contributed by atoms with van der Waals surface area (Å²) in [5.74, 6) is 0.545. The SMILES string of the molecule is Cc1cc(C(C)C)c(C(=O)C(C)C)cc1O. The lowest BCUT2D eigenvalue weighted by Gasteiger charge is -2.15. The van der Waals surface area contributed by atoms with Gasteiger partial charge in [0.2, 0.25) is 0 Å². The van der Waals surface area contributed by atoms with Crippen LogP contribution in [0.3, 0.4) is 0 Å². The molecule has 0 saturated heterocycles. The molecule has 16 heavy (non-hydrogen) atoms. The topological polar surface area (TPSA) is 37.3 Å². The molecule has 0 fully saturated rings. The Morgan fingerprint density at radius 2 is 1.75 bits per heavy atom. The largest absolute Gasteiger partial charge is 0.508 e. The van der Waals surface area contributed by atoms with Gasteiger partial charge in [-0.05, 0) is 30.0 Å². The maximum absolute atomic E-state index is 12.0. The summed E-state index contributed by atoms with van der Waals surface area (Å²) in [6.45, 7) is 9.73. The van der Waals surface area contributed by atoms with Crippen molar-refractivity contribution in [2.75, 3.05) is 0 Å². The van der Waals surface area contributed by atoms with Gasteiger partial charge in [0.1, 0.15) is 5.75 Å². The number of carbonyl (C=O) groups is 1. The molecule has 0 spiro atoms. The number of phenols is 1. The monoisotopic (exact) mass is 220 g/mol. The highest BCUT2D eigenvalue weighted by Gasteiger charge is 2.18. The van der Waals surface area contributed by atoms with E-state index in [1.807, 2.05) is 26.8 Å². The second-order valence-electron chi connectivity index (χ2n) is 4.90. The fourth-order valence-electron chi connectivity index (χ4n) is 1.72. The van der Waals surface area contributed by atoms with Crippen molar-refractivity contribution in [1.29, 1.82) is 0 Å². The first-order valence-corrected chi connectivity index (χ1v) is 5.72. The minimum atomic E-state index is -0.0420. The average Bonchev–Trinajstić information content (AvgIpc) is 2.19. The molecule has 88 valence electrons. The quantitative estimate of drug-likeness (QED) is 0.789. The van der Waals surface area contributed by atoms with E-state index in [0.29, 0.717) is 5.56 Å². The Morgan fingerprint density at radius 1 is 1.19 bits per heavy atom. The van der Waals surface area contributed by atoms with Gasteiger partial charge in [0.05, 0.1) is 0 Å². The van der Waals surface area contributed by atoms with Gasteiger partial charge in [-0.3, -0.25) is 4.79 Å². The molecule has 0 saturated carbocycles. The highest BCUT2D eigenvalue weighted by molar-refractivity contribution is 5.99. The van der Waals surface area contributed by atoms with Gasteiger partial charge in [-0.2, -0.15) is 0 Å². The number of hydrogen-bond donors (Lipinski definition) is 1. The van der Waals surface area contributed by atoms with Crippen molar-refractivity contribution in [2.24, 2.45) is 5.92 Å². The molecule has 0 atom stereocenters. The van der Waals surface area contributed by atoms with E-state index in [4.69, 9.17) is 0 Å². The van der Waals surface area contributed by atoms with Gasteiger partial charge < -0.3 is 5.11 Å². The fourth-order valence-corrected chi connectivity index (χ4v) is 1.72. The Hall–Kier alpha value is -1.31. The van der Waals surface area contributed by atoms with Crippen molar-refractivity contribution in [3.8, 4) is 5.75 Å². The van der Waals surface area contributed by atoms with Crippen LogP contribution in [-0.2, 0) is 0 Å². The Morgan fingerprint density at radius 3 is 2.19 bits per heavy atom. The first kappa shape index (κ1) is 12.8. The Bertz CT molecular complexity index is 403. The molecule has 1 N–H and O–H groups in total. The van der Waals surface area contributed by atoms with E-state index in [2.05, 4.69) is 13.8 Å². The zero-order valence-electron chi connectivity index (χ0n) is 10.7. The second-order valence-corrected chi connectivity index (χ2v) is 4.90. The Labute approximate surface area is 97.3 Å². The number of Topliss-reactive ketones (excluding diaryl/α,β-unsaturated/α-hetero) is 1. The minimum absolute atomic E-state index is 0.0420. The molecule has 2 nitrogen and oxygen atoms in total. The van der Waals surface area contributed by atoms with Crippen LogP contribution in [0, 0.1) is 12.8 Å². The normalized spacial score (nSPS) is 11.2. The third kappa shape index (κ3) is 2.43. The molecule has 0 aliphatic heterocycles. The van der Waals surface area contributed by atoms with Crippen LogP contribution in [0.5, 0.6) is 5.75 Å². The maximum atomic E-state index is 12.0. The van der Waals surface area contributed by atoms with E-state index in [1.165, 1.54) is 0 Å². The number of aryl methyl sites for hydroxylation is 1. The van der Waals surface area contributed by atoms with Crippen LogP contribution in [-0.4, -0.2) is 10.9 Å². The van der Waals surface area contributed by atoms with Gasteiger partial charge in [-0.15, -0.1) is 0 Å². The lowest BCUT2D eigenvalue weighted by Crippen LogP contribution is -2.11. The zero-order valence-corrected chi connectivity index (χ0v) is 10.7. The van der Waals surface area contributed by atoms with E-state index in [9.17, 15) is 9.90 Å². The summed E-state index contributed by atoms with van der Waals surface area (Å²) in [6.07, 6.45) is 0. The summed E-state index contributed by atoms with van der Waals surface area (Å²) < 4.78 is 0. The molecular formula is C14H20O2. The van der Waals surface area contributed by atoms with Crippen molar-refractivity contribution >= 4 is 5.78 Å². The van der Waals surface area contributed by atoms with Crippen LogP contribution in [0.1, 0.15) is 55.1 Å². The van der Waals surface area contributed by atoms with Gasteiger partial charge >= 0.3 is 0 Å². The van der Waals surface area contributed by atoms with E-state index in [-0.39, 0.29) is 23.4 Å². The zero-order chi connectivity index (χ0) is 12.5. The fraction of sp³-hybridized carbons (Fsp3) is 0.500. The number of aromatic hydroxyl groups is 1. The molecule has 0 aromatic heterocycles. The molecule has 0 aliphatic carbocycles. The Balaban J connectivity index is 3.36. The van der Waals surface area contributed by atoms with Gasteiger partial charge in [-0.25, -0.2) is 0 Å². The van der Waals surface area contributed by atoms with Gasteiger partial charge in [0.15, 0.2) is 5.78 Å². The summed E-state index contributed by atoms with van der Waals surface area (Å²) in [6, 6.07) is 3.52. The van der Waals surface area contributed by atoms with Gasteiger partial charge in [0, 0.05) is 11.5 Å². The Kier molecular flexibility index (Phi) is 3.74. The molecule has 0 radical (unpaired) electrons. The predicted molar refractivity (Wildman–Crippen MR) is 66.1 cm³/mol. The van der Waals surface area contributed by atoms with Crippen LogP contribution >= 0.6 is 0 Å². The smallest absolute Gasteiger partial charge is 0.165 e. The summed E-state index contributed by atoms with van der Waals surface area (Å²) in [5.41, 5.74) is 2.51. The van der Waals surface area contributed by atoms with Crippen molar-refractivity contribution in [3.05, 3.63) is 28.8 Å². The first-order valence-electron chi connectivity index (χ1n) is 5.72. The number of phenolic OH excluding ortho intramolecular Hbond substituents is 1. The van der Waals surface area contributed by atoms with Crippen LogP contribution in [0.4, 0.5) is 0 Å². The predicted octanol–water partition coefficient (Wildman–Crippen LogP) is 3.66. The van der Waals surface area contributed by atoms with Crippen LogP contribution < -0.4 is 0 Å². The van der Waals surface area contributed by atoms with Crippen LogP contribution in [0.2, 0.25) is 0 Å². The lowest BCUT2D eigenvalue weighted by molar-refractivity contribution is 0.0937.